The number of hydrogen-bond donors (Lipinski definition) is 1. The molecular weight excluding hydrogens is 523 g/mol. The minimum Gasteiger partial charge on any atom is -0.403 e. The van der Waals surface area contributed by atoms with Crippen molar-refractivity contribution in [3.05, 3.63) is 128 Å². The van der Waals surface area contributed by atoms with E-state index in [9.17, 15) is 29.2 Å². The largest absolute Gasteiger partial charge is 0.527 e. The van der Waals surface area contributed by atoms with Gasteiger partial charge in [0.25, 0.3) is 5.69 Å². The van der Waals surface area contributed by atoms with Crippen molar-refractivity contribution in [3.8, 4) is 5.75 Å². The van der Waals surface area contributed by atoms with Crippen LogP contribution in [0.15, 0.2) is 72.9 Å². The Bertz CT molecular complexity index is 1740. The maximum Gasteiger partial charge on any atom is 0.527 e. The van der Waals surface area contributed by atoms with Crippen LogP contribution in [0.2, 0.25) is 0 Å². The van der Waals surface area contributed by atoms with E-state index >= 15 is 0 Å². The molecule has 0 amide bonds. The lowest BCUT2D eigenvalue weighted by Gasteiger charge is -2.27. The maximum absolute atomic E-state index is 13.7. The second kappa shape index (κ2) is 9.13. The van der Waals surface area contributed by atoms with Gasteiger partial charge in [0.15, 0.2) is 11.6 Å². The molecule has 10 nitrogen and oxygen atoms in total. The lowest BCUT2D eigenvalue weighted by Crippen LogP contribution is -2.23. The molecule has 2 heterocycles. The smallest absolute Gasteiger partial charge is 0.403 e. The first kappa shape index (κ1) is 24.9. The van der Waals surface area contributed by atoms with Gasteiger partial charge in [0.2, 0.25) is 0 Å². The van der Waals surface area contributed by atoms with Crippen molar-refractivity contribution in [1.29, 1.82) is 0 Å². The van der Waals surface area contributed by atoms with Crippen LogP contribution < -0.4 is 4.52 Å². The van der Waals surface area contributed by atoms with Gasteiger partial charge in [-0.05, 0) is 34.9 Å². The molecule has 1 aliphatic heterocycles. The second-order valence-electron chi connectivity index (χ2n) is 9.45. The van der Waals surface area contributed by atoms with Gasteiger partial charge < -0.3 is 9.09 Å². The number of nitrogens with zero attached hydrogens (tertiary/aromatic N) is 2. The number of non-ortho nitro benzene ring substituents is 1. The molecule has 0 saturated carbocycles. The van der Waals surface area contributed by atoms with Crippen LogP contribution in [-0.4, -0.2) is 26.0 Å². The van der Waals surface area contributed by atoms with Gasteiger partial charge in [0.05, 0.1) is 28.2 Å². The fraction of sp³-hybridized carbons (Fsp3) is 0.143. The Kier molecular flexibility index (Phi) is 5.84. The lowest BCUT2D eigenvalue weighted by atomic mass is 9.81. The summed E-state index contributed by atoms with van der Waals surface area (Å²) in [4.78, 5) is 48.1. The molecule has 2 unspecified atom stereocenters. The molecule has 0 saturated heterocycles. The van der Waals surface area contributed by atoms with Crippen LogP contribution in [-0.2, 0) is 22.2 Å². The quantitative estimate of drug-likeness (QED) is 0.171. The Morgan fingerprint density at radius 1 is 1.00 bits per heavy atom. The first-order valence-electron chi connectivity index (χ1n) is 12.1. The van der Waals surface area contributed by atoms with Gasteiger partial charge in [0.1, 0.15) is 5.75 Å². The third kappa shape index (κ3) is 4.19. The zero-order chi connectivity index (χ0) is 27.5. The molecule has 4 aromatic rings. The number of carbonyl (C=O) groups excluding carboxylic acids is 2. The Morgan fingerprint density at radius 3 is 2.46 bits per heavy atom. The zero-order valence-corrected chi connectivity index (χ0v) is 21.5. The van der Waals surface area contributed by atoms with Crippen LogP contribution in [0, 0.1) is 10.1 Å². The molecule has 11 heteroatoms. The van der Waals surface area contributed by atoms with Crippen molar-refractivity contribution in [2.75, 3.05) is 0 Å². The number of rotatable bonds is 6. The van der Waals surface area contributed by atoms with Gasteiger partial charge in [-0.2, -0.15) is 0 Å². The molecule has 1 aromatic heterocycles. The molecule has 0 bridgehead atoms. The molecule has 0 fully saturated rings. The third-order valence-electron chi connectivity index (χ3n) is 7.12. The summed E-state index contributed by atoms with van der Waals surface area (Å²) in [6, 6.07) is 17.5. The molecule has 1 aliphatic carbocycles. The predicted octanol–water partition coefficient (Wildman–Crippen LogP) is 5.38. The molecular formula is C28H21N2O8P. The fourth-order valence-electron chi connectivity index (χ4n) is 5.33. The number of carbonyl (C=O) groups is 2. The number of benzene rings is 3. The summed E-state index contributed by atoms with van der Waals surface area (Å²) in [5.41, 5.74) is 3.78. The van der Waals surface area contributed by atoms with Crippen molar-refractivity contribution < 1.29 is 33.0 Å². The van der Waals surface area contributed by atoms with Gasteiger partial charge in [-0.25, -0.2) is 4.57 Å². The minimum absolute atomic E-state index is 0.0837. The summed E-state index contributed by atoms with van der Waals surface area (Å²) in [5.74, 6) is -1.19. The van der Waals surface area contributed by atoms with Crippen LogP contribution >= 0.6 is 7.82 Å². The van der Waals surface area contributed by atoms with Crippen molar-refractivity contribution in [3.63, 3.8) is 0 Å². The predicted molar refractivity (Wildman–Crippen MR) is 139 cm³/mol. The molecule has 196 valence electrons. The topological polar surface area (TPSA) is 138 Å². The zero-order valence-electron chi connectivity index (χ0n) is 20.6. The number of phosphoric acid groups is 1. The number of phosphoric ester groups is 1. The number of nitro benzene ring substituents is 1. The molecule has 0 spiro atoms. The second-order valence-corrected chi connectivity index (χ2v) is 10.8. The average Bonchev–Trinajstić information content (AvgIpc) is 3.31. The standard InChI is InChI=1S/C28H21N2O8P/c1-16-20-6-3-2-5-18(20)13-29-14-22-25(26(16)29)27(31)21-7-4-8-23(24(21)28(22)32)38-39(35,36)37-15-17-9-11-19(12-10-17)30(33)34/h2-12,14,16H,13,15H2,1H3,(H,35,36). The van der Waals surface area contributed by atoms with E-state index in [-0.39, 0.29) is 46.4 Å². The molecule has 39 heavy (non-hydrogen) atoms. The first-order chi connectivity index (χ1) is 18.6. The number of hydrogen-bond acceptors (Lipinski definition) is 7. The first-order valence-corrected chi connectivity index (χ1v) is 13.6. The van der Waals surface area contributed by atoms with Gasteiger partial charge in [-0.3, -0.25) is 29.1 Å². The number of ketones is 2. The van der Waals surface area contributed by atoms with E-state index in [1.165, 1.54) is 42.5 Å². The van der Waals surface area contributed by atoms with Gasteiger partial charge in [0, 0.05) is 42.0 Å². The van der Waals surface area contributed by atoms with Gasteiger partial charge in [-0.15, -0.1) is 0 Å². The van der Waals surface area contributed by atoms with Crippen molar-refractivity contribution >= 4 is 25.1 Å². The summed E-state index contributed by atoms with van der Waals surface area (Å²) >= 11 is 0. The fourth-order valence-corrected chi connectivity index (χ4v) is 6.10. The number of fused-ring (bicyclic) bond motifs is 5. The van der Waals surface area contributed by atoms with E-state index in [4.69, 9.17) is 9.05 Å². The van der Waals surface area contributed by atoms with E-state index in [1.807, 2.05) is 35.8 Å². The van der Waals surface area contributed by atoms with E-state index in [2.05, 4.69) is 0 Å². The molecule has 0 radical (unpaired) electrons. The van der Waals surface area contributed by atoms with Crippen molar-refractivity contribution in [1.82, 2.24) is 4.57 Å². The summed E-state index contributed by atoms with van der Waals surface area (Å²) < 4.78 is 25.1. The van der Waals surface area contributed by atoms with Crippen LogP contribution in [0.5, 0.6) is 5.75 Å². The van der Waals surface area contributed by atoms with Gasteiger partial charge >= 0.3 is 7.82 Å². The lowest BCUT2D eigenvalue weighted by molar-refractivity contribution is -0.384. The highest BCUT2D eigenvalue weighted by Gasteiger charge is 2.40. The van der Waals surface area contributed by atoms with Crippen molar-refractivity contribution in [2.45, 2.75) is 26.0 Å². The molecule has 3 aromatic carbocycles. The highest BCUT2D eigenvalue weighted by atomic mass is 31.2. The van der Waals surface area contributed by atoms with Crippen LogP contribution in [0.4, 0.5) is 5.69 Å². The Balaban J connectivity index is 1.30. The third-order valence-corrected chi connectivity index (χ3v) is 8.00. The van der Waals surface area contributed by atoms with E-state index in [0.29, 0.717) is 17.7 Å². The summed E-state index contributed by atoms with van der Waals surface area (Å²) in [6.07, 6.45) is 1.67. The summed E-state index contributed by atoms with van der Waals surface area (Å²) in [6.45, 7) is 2.15. The summed E-state index contributed by atoms with van der Waals surface area (Å²) in [5, 5.41) is 10.8. The number of aromatic nitrogens is 1. The van der Waals surface area contributed by atoms with E-state index in [0.717, 1.165) is 16.8 Å². The SMILES string of the molecule is CC1c2ccccc2Cn2cc3c(c21)C(=O)c1cccc(OP(=O)(O)OCc2ccc([N+](=O)[O-])cc2)c1C3=O. The average molecular weight is 544 g/mol. The van der Waals surface area contributed by atoms with Crippen molar-refractivity contribution in [2.24, 2.45) is 0 Å². The van der Waals surface area contributed by atoms with Gasteiger partial charge in [-0.1, -0.05) is 43.3 Å². The summed E-state index contributed by atoms with van der Waals surface area (Å²) in [7, 11) is -4.75. The molecule has 2 aliphatic rings. The number of nitro groups is 1. The normalized spacial score (nSPS) is 16.9. The minimum atomic E-state index is -4.75. The monoisotopic (exact) mass is 544 g/mol. The Morgan fingerprint density at radius 2 is 1.72 bits per heavy atom. The highest BCUT2D eigenvalue weighted by Crippen LogP contribution is 2.48. The van der Waals surface area contributed by atoms with Crippen LogP contribution in [0.1, 0.15) is 67.1 Å². The highest BCUT2D eigenvalue weighted by molar-refractivity contribution is 7.47. The Hall–Kier alpha value is -4.37. The Labute approximate surface area is 222 Å². The van der Waals surface area contributed by atoms with E-state index in [1.54, 1.807) is 6.20 Å². The van der Waals surface area contributed by atoms with E-state index < -0.39 is 18.5 Å². The maximum atomic E-state index is 13.7. The van der Waals surface area contributed by atoms with Crippen LogP contribution in [0.3, 0.4) is 0 Å². The molecule has 1 N–H and O–H groups in total. The molecule has 2 atom stereocenters. The molecule has 6 rings (SSSR count). The van der Waals surface area contributed by atoms with Crippen LogP contribution in [0.25, 0.3) is 0 Å².